The fourth-order valence-corrected chi connectivity index (χ4v) is 2.45. The topological polar surface area (TPSA) is 29.3 Å². The molecule has 1 saturated heterocycles. The SMILES string of the molecule is CC(C)(CCS)N1CCC(N)C(F)C1. The summed E-state index contributed by atoms with van der Waals surface area (Å²) in [5.74, 6) is 0.840. The number of halogens is 1. The molecule has 0 aromatic carbocycles. The minimum atomic E-state index is -0.872. The Morgan fingerprint density at radius 3 is 2.71 bits per heavy atom. The van der Waals surface area contributed by atoms with Crippen molar-refractivity contribution in [3.63, 3.8) is 0 Å². The molecule has 0 spiro atoms. The van der Waals surface area contributed by atoms with Crippen molar-refractivity contribution in [1.82, 2.24) is 4.90 Å². The van der Waals surface area contributed by atoms with Crippen LogP contribution in [0.25, 0.3) is 0 Å². The lowest BCUT2D eigenvalue weighted by atomic mass is 9.94. The van der Waals surface area contributed by atoms with Gasteiger partial charge < -0.3 is 5.73 Å². The van der Waals surface area contributed by atoms with Gasteiger partial charge in [-0.1, -0.05) is 0 Å². The molecule has 0 amide bonds. The van der Waals surface area contributed by atoms with Gasteiger partial charge in [-0.25, -0.2) is 4.39 Å². The van der Waals surface area contributed by atoms with Crippen LogP contribution >= 0.6 is 12.6 Å². The van der Waals surface area contributed by atoms with E-state index in [0.29, 0.717) is 6.54 Å². The summed E-state index contributed by atoms with van der Waals surface area (Å²) in [7, 11) is 0. The maximum absolute atomic E-state index is 13.4. The molecule has 0 aromatic heterocycles. The van der Waals surface area contributed by atoms with Gasteiger partial charge in [0.1, 0.15) is 6.17 Å². The second-order valence-electron chi connectivity index (χ2n) is 4.70. The lowest BCUT2D eigenvalue weighted by Crippen LogP contribution is -2.55. The Kier molecular flexibility index (Phi) is 4.22. The van der Waals surface area contributed by atoms with E-state index in [2.05, 4.69) is 31.4 Å². The van der Waals surface area contributed by atoms with Gasteiger partial charge in [0.15, 0.2) is 0 Å². The Balaban J connectivity index is 2.53. The van der Waals surface area contributed by atoms with E-state index in [1.165, 1.54) is 0 Å². The molecule has 4 heteroatoms. The highest BCUT2D eigenvalue weighted by molar-refractivity contribution is 7.80. The maximum atomic E-state index is 13.4. The molecule has 0 radical (unpaired) electrons. The first-order valence-corrected chi connectivity index (χ1v) is 5.86. The Labute approximate surface area is 91.4 Å². The average molecular weight is 220 g/mol. The van der Waals surface area contributed by atoms with Crippen LogP contribution in [0, 0.1) is 0 Å². The third kappa shape index (κ3) is 2.84. The van der Waals surface area contributed by atoms with E-state index in [4.69, 9.17) is 5.73 Å². The Bertz CT molecular complexity index is 187. The van der Waals surface area contributed by atoms with Crippen LogP contribution in [-0.2, 0) is 0 Å². The van der Waals surface area contributed by atoms with Gasteiger partial charge in [-0.15, -0.1) is 0 Å². The second kappa shape index (κ2) is 4.81. The summed E-state index contributed by atoms with van der Waals surface area (Å²) in [5, 5.41) is 0. The average Bonchev–Trinajstić information content (AvgIpc) is 2.09. The zero-order valence-corrected chi connectivity index (χ0v) is 9.93. The molecule has 0 bridgehead atoms. The van der Waals surface area contributed by atoms with Gasteiger partial charge in [0.2, 0.25) is 0 Å². The molecular weight excluding hydrogens is 199 g/mol. The van der Waals surface area contributed by atoms with Crippen LogP contribution in [0.1, 0.15) is 26.7 Å². The molecule has 1 aliphatic rings. The Hall–Kier alpha value is 0.200. The zero-order chi connectivity index (χ0) is 10.8. The standard InChI is InChI=1S/C10H21FN2S/c1-10(2,4-6-14)13-5-3-9(12)8(11)7-13/h8-9,14H,3-7,12H2,1-2H3. The van der Waals surface area contributed by atoms with Crippen molar-refractivity contribution in [3.05, 3.63) is 0 Å². The smallest absolute Gasteiger partial charge is 0.128 e. The predicted molar refractivity (Wildman–Crippen MR) is 61.6 cm³/mol. The van der Waals surface area contributed by atoms with Crippen molar-refractivity contribution in [2.24, 2.45) is 5.73 Å². The summed E-state index contributed by atoms with van der Waals surface area (Å²) >= 11 is 4.23. The summed E-state index contributed by atoms with van der Waals surface area (Å²) in [6.45, 7) is 5.67. The lowest BCUT2D eigenvalue weighted by Gasteiger charge is -2.43. The van der Waals surface area contributed by atoms with Gasteiger partial charge in [-0.05, 0) is 32.4 Å². The van der Waals surface area contributed by atoms with Crippen molar-refractivity contribution in [3.8, 4) is 0 Å². The summed E-state index contributed by atoms with van der Waals surface area (Å²) in [6, 6.07) is -0.266. The number of likely N-dealkylation sites (tertiary alicyclic amines) is 1. The molecule has 2 N–H and O–H groups in total. The van der Waals surface area contributed by atoms with Gasteiger partial charge in [0.05, 0.1) is 0 Å². The monoisotopic (exact) mass is 220 g/mol. The van der Waals surface area contributed by atoms with Gasteiger partial charge in [0.25, 0.3) is 0 Å². The van der Waals surface area contributed by atoms with Crippen LogP contribution in [0.3, 0.4) is 0 Å². The lowest BCUT2D eigenvalue weighted by molar-refractivity contribution is 0.0400. The second-order valence-corrected chi connectivity index (χ2v) is 5.15. The van der Waals surface area contributed by atoms with Crippen LogP contribution < -0.4 is 5.73 Å². The zero-order valence-electron chi connectivity index (χ0n) is 9.04. The molecule has 2 unspecified atom stereocenters. The van der Waals surface area contributed by atoms with Gasteiger partial charge in [-0.2, -0.15) is 12.6 Å². The molecule has 84 valence electrons. The molecule has 1 aliphatic heterocycles. The number of alkyl halides is 1. The van der Waals surface area contributed by atoms with Gasteiger partial charge >= 0.3 is 0 Å². The minimum Gasteiger partial charge on any atom is -0.325 e. The number of piperidine rings is 1. The first-order valence-electron chi connectivity index (χ1n) is 5.23. The summed E-state index contributed by atoms with van der Waals surface area (Å²) < 4.78 is 13.4. The molecule has 2 nitrogen and oxygen atoms in total. The first kappa shape index (κ1) is 12.3. The molecule has 0 aromatic rings. The van der Waals surface area contributed by atoms with E-state index in [0.717, 1.165) is 25.1 Å². The fraction of sp³-hybridized carbons (Fsp3) is 1.00. The number of hydrogen-bond donors (Lipinski definition) is 2. The van der Waals surface area contributed by atoms with Crippen molar-refractivity contribution < 1.29 is 4.39 Å². The first-order chi connectivity index (χ1) is 6.47. The number of nitrogens with two attached hydrogens (primary N) is 1. The molecule has 14 heavy (non-hydrogen) atoms. The van der Waals surface area contributed by atoms with E-state index in [1.54, 1.807) is 0 Å². The highest BCUT2D eigenvalue weighted by Crippen LogP contribution is 2.24. The van der Waals surface area contributed by atoms with Crippen LogP contribution in [0.15, 0.2) is 0 Å². The van der Waals surface area contributed by atoms with E-state index >= 15 is 0 Å². The number of rotatable bonds is 3. The molecule has 2 atom stereocenters. The summed E-state index contributed by atoms with van der Waals surface area (Å²) in [6.07, 6.45) is 0.873. The number of nitrogens with zero attached hydrogens (tertiary/aromatic N) is 1. The third-order valence-corrected chi connectivity index (χ3v) is 3.40. The molecule has 0 aliphatic carbocycles. The Morgan fingerprint density at radius 2 is 2.21 bits per heavy atom. The molecule has 1 rings (SSSR count). The molecular formula is C10H21FN2S. The van der Waals surface area contributed by atoms with Crippen LogP contribution in [-0.4, -0.2) is 41.5 Å². The van der Waals surface area contributed by atoms with Gasteiger partial charge in [0, 0.05) is 24.7 Å². The maximum Gasteiger partial charge on any atom is 0.128 e. The molecule has 0 saturated carbocycles. The fourth-order valence-electron chi connectivity index (χ4n) is 1.90. The van der Waals surface area contributed by atoms with E-state index in [1.807, 2.05) is 0 Å². The normalized spacial score (nSPS) is 30.6. The molecule has 1 fully saturated rings. The number of thiol groups is 1. The van der Waals surface area contributed by atoms with Gasteiger partial charge in [-0.3, -0.25) is 4.90 Å². The highest BCUT2D eigenvalue weighted by Gasteiger charge is 2.34. The largest absolute Gasteiger partial charge is 0.325 e. The van der Waals surface area contributed by atoms with Crippen LogP contribution in [0.2, 0.25) is 0 Å². The van der Waals surface area contributed by atoms with Crippen molar-refractivity contribution in [2.75, 3.05) is 18.8 Å². The van der Waals surface area contributed by atoms with E-state index in [9.17, 15) is 4.39 Å². The van der Waals surface area contributed by atoms with Crippen LogP contribution in [0.4, 0.5) is 4.39 Å². The quantitative estimate of drug-likeness (QED) is 0.705. The van der Waals surface area contributed by atoms with Crippen molar-refractivity contribution >= 4 is 12.6 Å². The molecule has 1 heterocycles. The van der Waals surface area contributed by atoms with E-state index in [-0.39, 0.29) is 11.6 Å². The predicted octanol–water partition coefficient (Wildman–Crippen LogP) is 1.46. The summed E-state index contributed by atoms with van der Waals surface area (Å²) in [4.78, 5) is 2.19. The number of hydrogen-bond acceptors (Lipinski definition) is 3. The Morgan fingerprint density at radius 1 is 1.57 bits per heavy atom. The highest BCUT2D eigenvalue weighted by atomic mass is 32.1. The minimum absolute atomic E-state index is 0.0478. The summed E-state index contributed by atoms with van der Waals surface area (Å²) in [5.41, 5.74) is 5.69. The van der Waals surface area contributed by atoms with Crippen molar-refractivity contribution in [2.45, 2.75) is 44.4 Å². The van der Waals surface area contributed by atoms with Crippen LogP contribution in [0.5, 0.6) is 0 Å². The van der Waals surface area contributed by atoms with E-state index < -0.39 is 6.17 Å². The van der Waals surface area contributed by atoms with Crippen molar-refractivity contribution in [1.29, 1.82) is 0 Å². The third-order valence-electron chi connectivity index (χ3n) is 3.17.